The minimum absolute atomic E-state index is 0.316. The van der Waals surface area contributed by atoms with Crippen molar-refractivity contribution in [2.24, 2.45) is 9.98 Å². The summed E-state index contributed by atoms with van der Waals surface area (Å²) in [7, 11) is 1.34. The van der Waals surface area contributed by atoms with E-state index >= 15 is 0 Å². The molecule has 156 valence electrons. The Bertz CT molecular complexity index is 1100. The summed E-state index contributed by atoms with van der Waals surface area (Å²) in [6, 6.07) is 28.6. The molecule has 31 heavy (non-hydrogen) atoms. The molecule has 6 nitrogen and oxygen atoms in total. The number of methoxy groups -OCH3 is 1. The van der Waals surface area contributed by atoms with Gasteiger partial charge in [0.2, 0.25) is 0 Å². The van der Waals surface area contributed by atoms with Gasteiger partial charge in [0.05, 0.1) is 7.11 Å². The van der Waals surface area contributed by atoms with E-state index in [0.717, 1.165) is 11.1 Å². The molecule has 0 fully saturated rings. The van der Waals surface area contributed by atoms with Gasteiger partial charge in [-0.2, -0.15) is 0 Å². The van der Waals surface area contributed by atoms with E-state index in [2.05, 4.69) is 0 Å². The molecular weight excluding hydrogens is 390 g/mol. The topological polar surface area (TPSA) is 63.5 Å². The Balaban J connectivity index is 2.03. The Kier molecular flexibility index (Phi) is 5.91. The molecule has 0 bridgehead atoms. The van der Waals surface area contributed by atoms with Crippen molar-refractivity contribution >= 4 is 17.8 Å². The van der Waals surface area contributed by atoms with Gasteiger partial charge in [-0.15, -0.1) is 0 Å². The number of nitrogens with zero attached hydrogens (tertiary/aromatic N) is 3. The number of rotatable bonds is 5. The molecule has 3 aromatic rings. The molecule has 0 saturated carbocycles. The Labute approximate surface area is 181 Å². The number of hydrogen-bond acceptors (Lipinski definition) is 5. The number of ether oxygens (including phenoxy) is 2. The highest BCUT2D eigenvalue weighted by atomic mass is 16.6. The highest BCUT2D eigenvalue weighted by Gasteiger charge is 2.49. The molecule has 0 aromatic heterocycles. The minimum Gasteiger partial charge on any atom is -0.452 e. The lowest BCUT2D eigenvalue weighted by molar-refractivity contribution is -0.115. The van der Waals surface area contributed by atoms with Crippen molar-refractivity contribution in [3.8, 4) is 0 Å². The highest BCUT2D eigenvalue weighted by Crippen LogP contribution is 2.37. The standard InChI is InChI=1S/C25H23N3O3/c1-3-31-25(21-17-11-6-12-18-21)27-22(19-13-7-4-8-14-19)26-23(28(25)24(29)30-2)20-15-9-5-10-16-20/h4-18H,3H2,1-2H3. The minimum atomic E-state index is -1.47. The van der Waals surface area contributed by atoms with Crippen molar-refractivity contribution in [3.05, 3.63) is 108 Å². The molecule has 1 heterocycles. The second-order valence-electron chi connectivity index (χ2n) is 6.82. The van der Waals surface area contributed by atoms with Crippen LogP contribution in [0.25, 0.3) is 0 Å². The van der Waals surface area contributed by atoms with Crippen LogP contribution in [-0.4, -0.2) is 36.4 Å². The van der Waals surface area contributed by atoms with Crippen molar-refractivity contribution in [3.63, 3.8) is 0 Å². The van der Waals surface area contributed by atoms with Crippen LogP contribution >= 0.6 is 0 Å². The molecule has 0 spiro atoms. The third kappa shape index (κ3) is 3.85. The third-order valence-corrected chi connectivity index (χ3v) is 4.90. The van der Waals surface area contributed by atoms with Gasteiger partial charge in [-0.05, 0) is 6.92 Å². The normalized spacial score (nSPS) is 18.2. The maximum absolute atomic E-state index is 13.1. The van der Waals surface area contributed by atoms with Crippen molar-refractivity contribution in [1.82, 2.24) is 4.90 Å². The highest BCUT2D eigenvalue weighted by molar-refractivity contribution is 6.16. The van der Waals surface area contributed by atoms with Crippen LogP contribution < -0.4 is 0 Å². The molecule has 0 radical (unpaired) electrons. The van der Waals surface area contributed by atoms with Gasteiger partial charge in [-0.25, -0.2) is 19.7 Å². The lowest BCUT2D eigenvalue weighted by Crippen LogP contribution is -2.56. The lowest BCUT2D eigenvalue weighted by atomic mass is 10.0. The summed E-state index contributed by atoms with van der Waals surface area (Å²) in [5.41, 5.74) is 2.26. The van der Waals surface area contributed by atoms with Gasteiger partial charge in [-0.1, -0.05) is 91.0 Å². The van der Waals surface area contributed by atoms with Crippen LogP contribution in [0.4, 0.5) is 4.79 Å². The zero-order valence-electron chi connectivity index (χ0n) is 17.4. The summed E-state index contributed by atoms with van der Waals surface area (Å²) in [5, 5.41) is 0. The maximum atomic E-state index is 13.1. The Hall–Kier alpha value is -3.77. The molecule has 1 amide bonds. The van der Waals surface area contributed by atoms with Crippen molar-refractivity contribution in [2.75, 3.05) is 13.7 Å². The van der Waals surface area contributed by atoms with Crippen LogP contribution in [0.3, 0.4) is 0 Å². The molecular formula is C25H23N3O3. The number of amidine groups is 2. The summed E-state index contributed by atoms with van der Waals surface area (Å²) in [6.07, 6.45) is -0.615. The fourth-order valence-electron chi connectivity index (χ4n) is 3.54. The quantitative estimate of drug-likeness (QED) is 0.603. The number of carbonyl (C=O) groups excluding carboxylic acids is 1. The van der Waals surface area contributed by atoms with Gasteiger partial charge < -0.3 is 9.47 Å². The van der Waals surface area contributed by atoms with Crippen molar-refractivity contribution in [2.45, 2.75) is 12.8 Å². The number of hydrogen-bond donors (Lipinski definition) is 0. The zero-order valence-corrected chi connectivity index (χ0v) is 17.4. The van der Waals surface area contributed by atoms with E-state index in [9.17, 15) is 4.79 Å². The SMILES string of the molecule is CCOC1(c2ccccc2)N=C(c2ccccc2)N=C(c2ccccc2)N1C(=O)OC. The van der Waals surface area contributed by atoms with E-state index in [0.29, 0.717) is 23.8 Å². The summed E-state index contributed by atoms with van der Waals surface area (Å²) in [6.45, 7) is 2.18. The monoisotopic (exact) mass is 413 g/mol. The molecule has 6 heteroatoms. The summed E-state index contributed by atoms with van der Waals surface area (Å²) in [4.78, 5) is 24.2. The molecule has 0 N–H and O–H groups in total. The second-order valence-corrected chi connectivity index (χ2v) is 6.82. The summed E-state index contributed by atoms with van der Waals surface area (Å²) >= 11 is 0. The second kappa shape index (κ2) is 8.93. The van der Waals surface area contributed by atoms with E-state index in [1.165, 1.54) is 12.0 Å². The fraction of sp³-hybridized carbons (Fsp3) is 0.160. The third-order valence-electron chi connectivity index (χ3n) is 4.90. The lowest BCUT2D eigenvalue weighted by Gasteiger charge is -2.42. The number of aliphatic imine (C=N–C) groups is 2. The fourth-order valence-corrected chi connectivity index (χ4v) is 3.54. The zero-order chi connectivity index (χ0) is 21.7. The van der Waals surface area contributed by atoms with Crippen LogP contribution in [0.2, 0.25) is 0 Å². The largest absolute Gasteiger partial charge is 0.452 e. The van der Waals surface area contributed by atoms with E-state index in [1.54, 1.807) is 0 Å². The van der Waals surface area contributed by atoms with E-state index in [-0.39, 0.29) is 0 Å². The first kappa shape index (κ1) is 20.5. The average molecular weight is 413 g/mol. The first-order valence-corrected chi connectivity index (χ1v) is 10.1. The predicted molar refractivity (Wildman–Crippen MR) is 120 cm³/mol. The molecule has 0 saturated heterocycles. The van der Waals surface area contributed by atoms with Gasteiger partial charge in [0.15, 0.2) is 11.7 Å². The summed E-state index contributed by atoms with van der Waals surface area (Å²) in [5.74, 6) is -0.600. The van der Waals surface area contributed by atoms with Crippen LogP contribution in [0.5, 0.6) is 0 Å². The molecule has 1 aliphatic rings. The van der Waals surface area contributed by atoms with Gasteiger partial charge in [0.25, 0.3) is 5.85 Å². The molecule has 1 atom stereocenters. The first-order valence-electron chi connectivity index (χ1n) is 10.1. The first-order chi connectivity index (χ1) is 15.2. The molecule has 3 aromatic carbocycles. The van der Waals surface area contributed by atoms with Gasteiger partial charge in [0.1, 0.15) is 0 Å². The van der Waals surface area contributed by atoms with Crippen molar-refractivity contribution < 1.29 is 14.3 Å². The number of benzene rings is 3. The number of amides is 1. The van der Waals surface area contributed by atoms with Crippen LogP contribution in [0.15, 0.2) is 101 Å². The molecule has 0 aliphatic carbocycles. The molecule has 4 rings (SSSR count). The average Bonchev–Trinajstić information content (AvgIpc) is 2.85. The van der Waals surface area contributed by atoms with E-state index in [1.807, 2.05) is 97.9 Å². The van der Waals surface area contributed by atoms with Gasteiger partial charge in [0, 0.05) is 23.3 Å². The Morgan fingerprint density at radius 2 is 1.42 bits per heavy atom. The van der Waals surface area contributed by atoms with E-state index in [4.69, 9.17) is 19.5 Å². The predicted octanol–water partition coefficient (Wildman–Crippen LogP) is 4.81. The molecule has 1 aliphatic heterocycles. The van der Waals surface area contributed by atoms with Crippen LogP contribution in [-0.2, 0) is 15.3 Å². The van der Waals surface area contributed by atoms with Gasteiger partial charge >= 0.3 is 6.09 Å². The van der Waals surface area contributed by atoms with Gasteiger partial charge in [-0.3, -0.25) is 0 Å². The van der Waals surface area contributed by atoms with Crippen molar-refractivity contribution in [1.29, 1.82) is 0 Å². The Morgan fingerprint density at radius 3 is 1.97 bits per heavy atom. The van der Waals surface area contributed by atoms with Crippen LogP contribution in [0.1, 0.15) is 23.6 Å². The smallest absolute Gasteiger partial charge is 0.419 e. The van der Waals surface area contributed by atoms with E-state index < -0.39 is 11.9 Å². The number of carbonyl (C=O) groups is 1. The Morgan fingerprint density at radius 1 is 0.871 bits per heavy atom. The summed E-state index contributed by atoms with van der Waals surface area (Å²) < 4.78 is 11.4. The molecule has 1 unspecified atom stereocenters. The van der Waals surface area contributed by atoms with Crippen LogP contribution in [0, 0.1) is 0 Å². The maximum Gasteiger partial charge on any atom is 0.419 e.